The molecule has 0 bridgehead atoms. The van der Waals surface area contributed by atoms with E-state index in [1.165, 1.54) is 6.08 Å². The van der Waals surface area contributed by atoms with E-state index in [-0.39, 0.29) is 5.91 Å². The molecule has 0 unspecified atom stereocenters. The number of aryl methyl sites for hydroxylation is 1. The lowest BCUT2D eigenvalue weighted by molar-refractivity contribution is -0.117. The van der Waals surface area contributed by atoms with Crippen LogP contribution in [0.5, 0.6) is 5.75 Å². The Bertz CT molecular complexity index is 687. The fourth-order valence-corrected chi connectivity index (χ4v) is 2.06. The summed E-state index contributed by atoms with van der Waals surface area (Å²) in [7, 11) is 1.58. The highest BCUT2D eigenvalue weighted by atomic mass is 16.5. The van der Waals surface area contributed by atoms with Gasteiger partial charge in [-0.15, -0.1) is 0 Å². The first kappa shape index (κ1) is 15.8. The molecule has 0 saturated carbocycles. The topological polar surface area (TPSA) is 77.2 Å². The van der Waals surface area contributed by atoms with E-state index in [1.807, 2.05) is 38.1 Å². The van der Waals surface area contributed by atoms with Crippen molar-refractivity contribution in [3.63, 3.8) is 0 Å². The zero-order chi connectivity index (χ0) is 16.1. The number of para-hydroxylation sites is 1. The maximum atomic E-state index is 12.1. The minimum atomic E-state index is -0.545. The van der Waals surface area contributed by atoms with Crippen LogP contribution in [0.3, 0.4) is 0 Å². The van der Waals surface area contributed by atoms with Gasteiger partial charge in [0.15, 0.2) is 5.82 Å². The van der Waals surface area contributed by atoms with Gasteiger partial charge >= 0.3 is 0 Å². The number of hydrogen-bond acceptors (Lipinski definition) is 5. The van der Waals surface area contributed by atoms with Crippen LogP contribution in [0.25, 0.3) is 0 Å². The zero-order valence-corrected chi connectivity index (χ0v) is 13.1. The summed E-state index contributed by atoms with van der Waals surface area (Å²) >= 11 is 0. The Balaban J connectivity index is 2.41. The number of rotatable bonds is 5. The van der Waals surface area contributed by atoms with E-state index in [9.17, 15) is 4.79 Å². The molecule has 2 rings (SSSR count). The molecule has 0 saturated heterocycles. The molecule has 6 nitrogen and oxygen atoms in total. The van der Waals surface area contributed by atoms with Crippen molar-refractivity contribution in [1.29, 1.82) is 0 Å². The van der Waals surface area contributed by atoms with Gasteiger partial charge in [-0.05, 0) is 19.9 Å². The molecular formula is C16H19N3O3. The maximum absolute atomic E-state index is 12.1. The van der Waals surface area contributed by atoms with Gasteiger partial charge in [0.25, 0.3) is 0 Å². The Morgan fingerprint density at radius 2 is 2.09 bits per heavy atom. The Hall–Kier alpha value is -2.63. The summed E-state index contributed by atoms with van der Waals surface area (Å²) in [6, 6.07) is 6.86. The predicted molar refractivity (Wildman–Crippen MR) is 81.4 cm³/mol. The predicted octanol–water partition coefficient (Wildman–Crippen LogP) is 2.56. The molecule has 22 heavy (non-hydrogen) atoms. The van der Waals surface area contributed by atoms with E-state index in [4.69, 9.17) is 9.26 Å². The summed E-state index contributed by atoms with van der Waals surface area (Å²) in [5.41, 5.74) is 1.67. The fraction of sp³-hybridized carbons (Fsp3) is 0.312. The Kier molecular flexibility index (Phi) is 4.93. The van der Waals surface area contributed by atoms with Crippen LogP contribution in [-0.4, -0.2) is 23.2 Å². The van der Waals surface area contributed by atoms with Crippen LogP contribution < -0.4 is 10.1 Å². The SMILES string of the molecule is COc1ccccc1[C@H](NC(=O)C=C(C)C)c1noc(C)n1. The number of hydrogen-bond donors (Lipinski definition) is 1. The molecule has 2 aromatic rings. The number of methoxy groups -OCH3 is 1. The number of carbonyl (C=O) groups excluding carboxylic acids is 1. The molecule has 0 aliphatic heterocycles. The second-order valence-electron chi connectivity index (χ2n) is 5.08. The molecule has 1 atom stereocenters. The van der Waals surface area contributed by atoms with E-state index >= 15 is 0 Å². The fourth-order valence-electron chi connectivity index (χ4n) is 2.06. The normalized spacial score (nSPS) is 11.6. The van der Waals surface area contributed by atoms with Crippen molar-refractivity contribution in [3.8, 4) is 5.75 Å². The Morgan fingerprint density at radius 3 is 2.68 bits per heavy atom. The molecule has 1 amide bonds. The molecule has 0 aliphatic rings. The van der Waals surface area contributed by atoms with Crippen LogP contribution in [0, 0.1) is 6.92 Å². The van der Waals surface area contributed by atoms with Gasteiger partial charge in [-0.2, -0.15) is 4.98 Å². The van der Waals surface area contributed by atoms with Crippen LogP contribution in [0.15, 0.2) is 40.4 Å². The second-order valence-corrected chi connectivity index (χ2v) is 5.08. The zero-order valence-electron chi connectivity index (χ0n) is 13.1. The van der Waals surface area contributed by atoms with Crippen LogP contribution in [0.2, 0.25) is 0 Å². The smallest absolute Gasteiger partial charge is 0.244 e. The summed E-state index contributed by atoms with van der Waals surface area (Å²) in [5.74, 6) is 1.25. The third kappa shape index (κ3) is 3.72. The minimum Gasteiger partial charge on any atom is -0.496 e. The molecule has 0 spiro atoms. The number of amides is 1. The van der Waals surface area contributed by atoms with Gasteiger partial charge in [0.2, 0.25) is 11.8 Å². The number of nitrogens with one attached hydrogen (secondary N) is 1. The molecule has 0 fully saturated rings. The average molecular weight is 301 g/mol. The summed E-state index contributed by atoms with van der Waals surface area (Å²) in [6.07, 6.45) is 1.52. The molecule has 1 aromatic carbocycles. The molecule has 0 aliphatic carbocycles. The molecule has 6 heteroatoms. The van der Waals surface area contributed by atoms with Crippen molar-refractivity contribution in [2.75, 3.05) is 7.11 Å². The lowest BCUT2D eigenvalue weighted by Gasteiger charge is -2.17. The van der Waals surface area contributed by atoms with Gasteiger partial charge in [0, 0.05) is 18.6 Å². The van der Waals surface area contributed by atoms with Gasteiger partial charge in [0.1, 0.15) is 11.8 Å². The molecule has 1 N–H and O–H groups in total. The van der Waals surface area contributed by atoms with Crippen molar-refractivity contribution in [3.05, 3.63) is 53.2 Å². The molecule has 0 radical (unpaired) electrons. The highest BCUT2D eigenvalue weighted by Gasteiger charge is 2.24. The lowest BCUT2D eigenvalue weighted by atomic mass is 10.0. The van der Waals surface area contributed by atoms with Crippen molar-refractivity contribution >= 4 is 5.91 Å². The first-order valence-corrected chi connectivity index (χ1v) is 6.89. The van der Waals surface area contributed by atoms with Gasteiger partial charge in [-0.25, -0.2) is 0 Å². The monoisotopic (exact) mass is 301 g/mol. The van der Waals surface area contributed by atoms with Crippen molar-refractivity contribution in [2.45, 2.75) is 26.8 Å². The van der Waals surface area contributed by atoms with Gasteiger partial charge in [-0.3, -0.25) is 4.79 Å². The minimum absolute atomic E-state index is 0.224. The van der Waals surface area contributed by atoms with E-state index in [0.29, 0.717) is 17.5 Å². The first-order chi connectivity index (χ1) is 10.5. The summed E-state index contributed by atoms with van der Waals surface area (Å²) < 4.78 is 10.4. The van der Waals surface area contributed by atoms with Gasteiger partial charge in [0.05, 0.1) is 7.11 Å². The van der Waals surface area contributed by atoms with Crippen LogP contribution in [-0.2, 0) is 4.79 Å². The van der Waals surface area contributed by atoms with Gasteiger partial charge < -0.3 is 14.6 Å². The molecule has 1 aromatic heterocycles. The Morgan fingerprint density at radius 1 is 1.36 bits per heavy atom. The number of benzene rings is 1. The van der Waals surface area contributed by atoms with E-state index in [1.54, 1.807) is 14.0 Å². The van der Waals surface area contributed by atoms with Crippen molar-refractivity contribution < 1.29 is 14.1 Å². The Labute approximate surface area is 129 Å². The highest BCUT2D eigenvalue weighted by molar-refractivity contribution is 5.88. The summed E-state index contributed by atoms with van der Waals surface area (Å²) in [6.45, 7) is 5.42. The number of aromatic nitrogens is 2. The lowest BCUT2D eigenvalue weighted by Crippen LogP contribution is -2.29. The largest absolute Gasteiger partial charge is 0.496 e. The maximum Gasteiger partial charge on any atom is 0.244 e. The van der Waals surface area contributed by atoms with Crippen LogP contribution >= 0.6 is 0 Å². The van der Waals surface area contributed by atoms with Crippen molar-refractivity contribution in [2.24, 2.45) is 0 Å². The summed E-state index contributed by atoms with van der Waals surface area (Å²) in [5, 5.41) is 6.81. The molecule has 116 valence electrons. The van der Waals surface area contributed by atoms with E-state index < -0.39 is 6.04 Å². The average Bonchev–Trinajstić information content (AvgIpc) is 2.90. The highest BCUT2D eigenvalue weighted by Crippen LogP contribution is 2.28. The number of carbonyl (C=O) groups is 1. The second kappa shape index (κ2) is 6.89. The van der Waals surface area contributed by atoms with Crippen LogP contribution in [0.1, 0.15) is 37.2 Å². The quantitative estimate of drug-likeness (QED) is 0.859. The van der Waals surface area contributed by atoms with E-state index in [0.717, 1.165) is 11.1 Å². The third-order valence-corrected chi connectivity index (χ3v) is 2.96. The van der Waals surface area contributed by atoms with E-state index in [2.05, 4.69) is 15.5 Å². The number of nitrogens with zero attached hydrogens (tertiary/aromatic N) is 2. The number of allylic oxidation sites excluding steroid dienone is 1. The number of ether oxygens (including phenoxy) is 1. The molecular weight excluding hydrogens is 282 g/mol. The third-order valence-electron chi connectivity index (χ3n) is 2.96. The van der Waals surface area contributed by atoms with Gasteiger partial charge in [-0.1, -0.05) is 28.9 Å². The van der Waals surface area contributed by atoms with Crippen molar-refractivity contribution in [1.82, 2.24) is 15.5 Å². The first-order valence-electron chi connectivity index (χ1n) is 6.89. The van der Waals surface area contributed by atoms with Crippen LogP contribution in [0.4, 0.5) is 0 Å². The molecule has 1 heterocycles. The standard InChI is InChI=1S/C16H19N3O3/c1-10(2)9-14(20)18-15(16-17-11(3)22-19-16)12-7-5-6-8-13(12)21-4/h5-9,15H,1-4H3,(H,18,20)/t15-/m0/s1. The summed E-state index contributed by atoms with van der Waals surface area (Å²) in [4.78, 5) is 16.3.